The lowest BCUT2D eigenvalue weighted by Gasteiger charge is -2.23. The van der Waals surface area contributed by atoms with E-state index in [-0.39, 0.29) is 10.8 Å². The molecule has 192 valence electrons. The summed E-state index contributed by atoms with van der Waals surface area (Å²) in [6.45, 7) is 8.94. The zero-order valence-electron chi connectivity index (χ0n) is 23.3. The van der Waals surface area contributed by atoms with Gasteiger partial charge in [0.1, 0.15) is 0 Å². The van der Waals surface area contributed by atoms with E-state index in [9.17, 15) is 10.5 Å². The second-order valence-corrected chi connectivity index (χ2v) is 12.7. The van der Waals surface area contributed by atoms with Crippen LogP contribution in [-0.2, 0) is 10.8 Å². The molecule has 2 aliphatic rings. The molecule has 2 aliphatic carbocycles. The SMILES string of the molecule is CC1(C)c2ccccc2-c2c1c(C#N)cc1c2c2cccc3c4c5c(c(C#N)cc4n1c23)C(C)(C)c1ccccc1-5. The van der Waals surface area contributed by atoms with Crippen molar-refractivity contribution in [2.75, 3.05) is 0 Å². The molecule has 0 N–H and O–H groups in total. The van der Waals surface area contributed by atoms with E-state index < -0.39 is 0 Å². The van der Waals surface area contributed by atoms with Crippen molar-refractivity contribution >= 4 is 38.1 Å². The van der Waals surface area contributed by atoms with Crippen LogP contribution in [-0.4, -0.2) is 4.40 Å². The van der Waals surface area contributed by atoms with Crippen molar-refractivity contribution in [1.29, 1.82) is 10.5 Å². The fourth-order valence-corrected chi connectivity index (χ4v) is 8.57. The summed E-state index contributed by atoms with van der Waals surface area (Å²) >= 11 is 0. The van der Waals surface area contributed by atoms with Crippen molar-refractivity contribution in [2.45, 2.75) is 38.5 Å². The molecule has 3 nitrogen and oxygen atoms in total. The third-order valence-electron chi connectivity index (χ3n) is 10.1. The highest BCUT2D eigenvalue weighted by molar-refractivity contribution is 6.29. The Balaban J connectivity index is 1.57. The minimum absolute atomic E-state index is 0.274. The van der Waals surface area contributed by atoms with Crippen LogP contribution in [0.2, 0.25) is 0 Å². The number of benzene rings is 5. The number of hydrogen-bond donors (Lipinski definition) is 0. The summed E-state index contributed by atoms with van der Waals surface area (Å²) in [6, 6.07) is 33.2. The predicted octanol–water partition coefficient (Wildman–Crippen LogP) is 9.19. The Hall–Kier alpha value is -5.12. The van der Waals surface area contributed by atoms with E-state index in [0.29, 0.717) is 0 Å². The van der Waals surface area contributed by atoms with Crippen LogP contribution in [0.3, 0.4) is 0 Å². The van der Waals surface area contributed by atoms with Crippen molar-refractivity contribution in [3.8, 4) is 34.4 Å². The molecule has 0 saturated heterocycles. The minimum Gasteiger partial charge on any atom is -0.308 e. The largest absolute Gasteiger partial charge is 0.308 e. The van der Waals surface area contributed by atoms with Crippen molar-refractivity contribution in [1.82, 2.24) is 4.40 Å². The van der Waals surface area contributed by atoms with Crippen LogP contribution in [0.4, 0.5) is 0 Å². The molecule has 0 spiro atoms. The first-order valence-corrected chi connectivity index (χ1v) is 14.2. The van der Waals surface area contributed by atoms with E-state index >= 15 is 0 Å². The summed E-state index contributed by atoms with van der Waals surface area (Å²) in [5, 5.41) is 25.8. The van der Waals surface area contributed by atoms with Gasteiger partial charge in [0.15, 0.2) is 0 Å². The first-order chi connectivity index (χ1) is 19.8. The molecule has 0 radical (unpaired) electrons. The lowest BCUT2D eigenvalue weighted by Crippen LogP contribution is -2.16. The molecule has 0 amide bonds. The summed E-state index contributed by atoms with van der Waals surface area (Å²) in [5.74, 6) is 0. The van der Waals surface area contributed by atoms with Crippen molar-refractivity contribution in [2.24, 2.45) is 0 Å². The maximum absolute atomic E-state index is 10.5. The monoisotopic (exact) mass is 523 g/mol. The molecular formula is C38H25N3. The van der Waals surface area contributed by atoms with Gasteiger partial charge in [0.25, 0.3) is 0 Å². The van der Waals surface area contributed by atoms with Crippen LogP contribution >= 0.6 is 0 Å². The number of rotatable bonds is 0. The first kappa shape index (κ1) is 22.7. The smallest absolute Gasteiger partial charge is 0.0995 e. The molecule has 9 rings (SSSR count). The van der Waals surface area contributed by atoms with E-state index in [1.807, 2.05) is 0 Å². The number of nitriles is 2. The summed E-state index contributed by atoms with van der Waals surface area (Å²) in [7, 11) is 0. The van der Waals surface area contributed by atoms with E-state index in [1.165, 1.54) is 54.9 Å². The molecule has 41 heavy (non-hydrogen) atoms. The molecule has 0 aliphatic heterocycles. The number of hydrogen-bond acceptors (Lipinski definition) is 2. The molecule has 0 fully saturated rings. The topological polar surface area (TPSA) is 52.0 Å². The Bertz CT molecular complexity index is 2270. The zero-order valence-corrected chi connectivity index (χ0v) is 23.3. The number of fused-ring (bicyclic) bond motifs is 14. The molecule has 2 heterocycles. The van der Waals surface area contributed by atoms with Gasteiger partial charge < -0.3 is 4.40 Å². The summed E-state index contributed by atoms with van der Waals surface area (Å²) in [6.07, 6.45) is 0. The normalized spacial score (nSPS) is 15.7. The Labute approximate surface area is 237 Å². The standard InChI is InChI=1S/C38H25N3/c1-37(2)26-14-7-5-10-22(26)32-30-24-12-9-13-25-31-29(41(36(24)25)28(30)16-20(18-39)34(32)37)17-21(19-40)35-33(31)23-11-6-8-15-27(23)38(35,3)4/h5-17H,1-4H3. The van der Waals surface area contributed by atoms with Gasteiger partial charge in [0.2, 0.25) is 0 Å². The highest BCUT2D eigenvalue weighted by Crippen LogP contribution is 2.58. The maximum atomic E-state index is 10.5. The lowest BCUT2D eigenvalue weighted by atomic mass is 9.79. The van der Waals surface area contributed by atoms with Crippen molar-refractivity contribution in [3.05, 3.63) is 112 Å². The van der Waals surface area contributed by atoms with Crippen LogP contribution in [0.1, 0.15) is 61.1 Å². The van der Waals surface area contributed by atoms with Crippen LogP contribution < -0.4 is 0 Å². The van der Waals surface area contributed by atoms with Gasteiger partial charge in [-0.2, -0.15) is 10.5 Å². The third-order valence-corrected chi connectivity index (χ3v) is 10.1. The number of aromatic nitrogens is 1. The molecule has 7 aromatic rings. The second kappa shape index (κ2) is 6.95. The quantitative estimate of drug-likeness (QED) is 0.199. The fraction of sp³-hybridized carbons (Fsp3) is 0.158. The van der Waals surface area contributed by atoms with Gasteiger partial charge in [-0.3, -0.25) is 0 Å². The Morgan fingerprint density at radius 1 is 0.585 bits per heavy atom. The molecule has 0 saturated carbocycles. The Morgan fingerprint density at radius 2 is 1.02 bits per heavy atom. The highest BCUT2D eigenvalue weighted by atomic mass is 14.9. The first-order valence-electron chi connectivity index (χ1n) is 14.2. The van der Waals surface area contributed by atoms with Gasteiger partial charge in [-0.15, -0.1) is 0 Å². The Morgan fingerprint density at radius 3 is 1.46 bits per heavy atom. The van der Waals surface area contributed by atoms with E-state index in [2.05, 4.69) is 123 Å². The summed E-state index contributed by atoms with van der Waals surface area (Å²) in [5.41, 5.74) is 13.6. The van der Waals surface area contributed by atoms with Gasteiger partial charge in [-0.25, -0.2) is 0 Å². The van der Waals surface area contributed by atoms with Crippen LogP contribution in [0, 0.1) is 22.7 Å². The second-order valence-electron chi connectivity index (χ2n) is 12.7. The summed E-state index contributed by atoms with van der Waals surface area (Å²) < 4.78 is 2.33. The molecule has 0 bridgehead atoms. The number of para-hydroxylation sites is 1. The van der Waals surface area contributed by atoms with Gasteiger partial charge in [-0.05, 0) is 56.6 Å². The van der Waals surface area contributed by atoms with Crippen LogP contribution in [0.5, 0.6) is 0 Å². The molecule has 0 unspecified atom stereocenters. The van der Waals surface area contributed by atoms with Gasteiger partial charge >= 0.3 is 0 Å². The molecule has 5 aromatic carbocycles. The summed E-state index contributed by atoms with van der Waals surface area (Å²) in [4.78, 5) is 0. The van der Waals surface area contributed by atoms with Gasteiger partial charge in [0.05, 0.1) is 39.8 Å². The Kier molecular flexibility index (Phi) is 3.85. The molecular weight excluding hydrogens is 498 g/mol. The fourth-order valence-electron chi connectivity index (χ4n) is 8.57. The van der Waals surface area contributed by atoms with Crippen molar-refractivity contribution in [3.63, 3.8) is 0 Å². The van der Waals surface area contributed by atoms with Gasteiger partial charge in [0, 0.05) is 32.4 Å². The van der Waals surface area contributed by atoms with E-state index in [0.717, 1.165) is 38.8 Å². The highest BCUT2D eigenvalue weighted by Gasteiger charge is 2.42. The third kappa shape index (κ3) is 2.34. The van der Waals surface area contributed by atoms with E-state index in [4.69, 9.17) is 0 Å². The lowest BCUT2D eigenvalue weighted by molar-refractivity contribution is 0.659. The van der Waals surface area contributed by atoms with Gasteiger partial charge in [-0.1, -0.05) is 94.4 Å². The molecule has 0 atom stereocenters. The number of nitrogens with zero attached hydrogens (tertiary/aromatic N) is 3. The average Bonchev–Trinajstić information content (AvgIpc) is 3.64. The van der Waals surface area contributed by atoms with Crippen molar-refractivity contribution < 1.29 is 0 Å². The zero-order chi connectivity index (χ0) is 28.0. The molecule has 3 heteroatoms. The maximum Gasteiger partial charge on any atom is 0.0995 e. The van der Waals surface area contributed by atoms with E-state index in [1.54, 1.807) is 0 Å². The van der Waals surface area contributed by atoms with Crippen LogP contribution in [0.25, 0.3) is 60.3 Å². The average molecular weight is 524 g/mol. The predicted molar refractivity (Wildman–Crippen MR) is 166 cm³/mol. The van der Waals surface area contributed by atoms with Crippen LogP contribution in [0.15, 0.2) is 78.9 Å². The minimum atomic E-state index is -0.274. The molecule has 2 aromatic heterocycles.